The Kier molecular flexibility index (Phi) is 4.43. The molecule has 2 heterocycles. The van der Waals surface area contributed by atoms with Crippen LogP contribution in [0.2, 0.25) is 0 Å². The largest absolute Gasteiger partial charge is 0.369 e. The van der Waals surface area contributed by atoms with Crippen LogP contribution >= 0.6 is 11.3 Å². The van der Waals surface area contributed by atoms with Gasteiger partial charge in [0.2, 0.25) is 0 Å². The van der Waals surface area contributed by atoms with Crippen LogP contribution in [0.4, 0.5) is 5.82 Å². The normalized spacial score (nSPS) is 14.7. The van der Waals surface area contributed by atoms with E-state index in [-0.39, 0.29) is 0 Å². The summed E-state index contributed by atoms with van der Waals surface area (Å²) in [6, 6.07) is 0. The van der Waals surface area contributed by atoms with E-state index in [2.05, 4.69) is 26.1 Å². The molecular weight excluding hydrogens is 278 g/mol. The van der Waals surface area contributed by atoms with Gasteiger partial charge in [0.15, 0.2) is 0 Å². The molecule has 0 saturated heterocycles. The van der Waals surface area contributed by atoms with Gasteiger partial charge in [-0.3, -0.25) is 0 Å². The molecule has 0 fully saturated rings. The third-order valence-corrected chi connectivity index (χ3v) is 5.18. The zero-order chi connectivity index (χ0) is 14.8. The highest BCUT2D eigenvalue weighted by molar-refractivity contribution is 7.19. The van der Waals surface area contributed by atoms with E-state index in [0.29, 0.717) is 5.92 Å². The van der Waals surface area contributed by atoms with Gasteiger partial charge in [0, 0.05) is 17.8 Å². The minimum atomic E-state index is 0.594. The van der Waals surface area contributed by atoms with Crippen molar-refractivity contribution in [3.05, 3.63) is 16.3 Å². The number of hydrogen-bond donors (Lipinski definition) is 1. The number of nitrogens with one attached hydrogen (secondary N) is 1. The van der Waals surface area contributed by atoms with Crippen LogP contribution in [0.15, 0.2) is 0 Å². The first-order valence-electron chi connectivity index (χ1n) is 8.24. The van der Waals surface area contributed by atoms with E-state index >= 15 is 0 Å². The van der Waals surface area contributed by atoms with E-state index in [9.17, 15) is 0 Å². The zero-order valence-electron chi connectivity index (χ0n) is 13.3. The van der Waals surface area contributed by atoms with Gasteiger partial charge in [-0.25, -0.2) is 9.97 Å². The van der Waals surface area contributed by atoms with Gasteiger partial charge in [-0.1, -0.05) is 20.8 Å². The molecule has 3 rings (SSSR count). The number of rotatable bonds is 5. The van der Waals surface area contributed by atoms with Crippen LogP contribution in [-0.2, 0) is 19.3 Å². The fourth-order valence-electron chi connectivity index (χ4n) is 3.03. The third kappa shape index (κ3) is 3.05. The van der Waals surface area contributed by atoms with E-state index in [4.69, 9.17) is 9.97 Å². The number of aryl methyl sites for hydroxylation is 2. The summed E-state index contributed by atoms with van der Waals surface area (Å²) in [6.45, 7) is 7.64. The van der Waals surface area contributed by atoms with Crippen molar-refractivity contribution in [1.29, 1.82) is 0 Å². The molecule has 1 N–H and O–H groups in total. The summed E-state index contributed by atoms with van der Waals surface area (Å²) in [5.41, 5.74) is 1.52. The number of anilines is 1. The summed E-state index contributed by atoms with van der Waals surface area (Å²) in [5, 5.41) is 4.86. The molecule has 0 aromatic carbocycles. The van der Waals surface area contributed by atoms with Crippen molar-refractivity contribution in [2.24, 2.45) is 5.92 Å². The second-order valence-corrected chi connectivity index (χ2v) is 7.49. The Balaban J connectivity index is 2.09. The molecule has 0 atom stereocenters. The predicted octanol–water partition coefficient (Wildman–Crippen LogP) is 4.59. The second kappa shape index (κ2) is 6.30. The Morgan fingerprint density at radius 1 is 1.19 bits per heavy atom. The van der Waals surface area contributed by atoms with E-state index < -0.39 is 0 Å². The smallest absolute Gasteiger partial charge is 0.138 e. The van der Waals surface area contributed by atoms with Gasteiger partial charge >= 0.3 is 0 Å². The van der Waals surface area contributed by atoms with E-state index in [0.717, 1.165) is 31.0 Å². The number of aromatic nitrogens is 2. The Morgan fingerprint density at radius 2 is 2.00 bits per heavy atom. The summed E-state index contributed by atoms with van der Waals surface area (Å²) in [4.78, 5) is 12.4. The molecule has 1 aliphatic carbocycles. The Bertz CT molecular complexity index is 630. The Hall–Kier alpha value is -1.16. The lowest BCUT2D eigenvalue weighted by molar-refractivity contribution is 0.623. The van der Waals surface area contributed by atoms with E-state index in [1.165, 1.54) is 41.5 Å². The number of hydrogen-bond acceptors (Lipinski definition) is 4. The highest BCUT2D eigenvalue weighted by Crippen LogP contribution is 2.38. The van der Waals surface area contributed by atoms with Crippen LogP contribution in [0.25, 0.3) is 10.2 Å². The quantitative estimate of drug-likeness (QED) is 0.878. The maximum atomic E-state index is 4.86. The van der Waals surface area contributed by atoms with Crippen molar-refractivity contribution >= 4 is 27.4 Å². The second-order valence-electron chi connectivity index (χ2n) is 6.40. The minimum absolute atomic E-state index is 0.594. The third-order valence-electron chi connectivity index (χ3n) is 3.99. The highest BCUT2D eigenvalue weighted by Gasteiger charge is 2.21. The molecule has 3 nitrogen and oxygen atoms in total. The topological polar surface area (TPSA) is 37.8 Å². The zero-order valence-corrected chi connectivity index (χ0v) is 14.1. The fraction of sp³-hybridized carbons (Fsp3) is 0.647. The molecule has 0 saturated carbocycles. The van der Waals surface area contributed by atoms with Crippen molar-refractivity contribution in [3.63, 3.8) is 0 Å². The van der Waals surface area contributed by atoms with Crippen molar-refractivity contribution in [3.8, 4) is 0 Å². The van der Waals surface area contributed by atoms with Crippen LogP contribution in [0.3, 0.4) is 0 Å². The maximum absolute atomic E-state index is 4.86. The van der Waals surface area contributed by atoms with E-state index in [1.54, 1.807) is 4.88 Å². The van der Waals surface area contributed by atoms with Crippen molar-refractivity contribution < 1.29 is 0 Å². The molecule has 21 heavy (non-hydrogen) atoms. The molecule has 0 bridgehead atoms. The summed E-state index contributed by atoms with van der Waals surface area (Å²) >= 11 is 1.90. The van der Waals surface area contributed by atoms with Gasteiger partial charge < -0.3 is 5.32 Å². The lowest BCUT2D eigenvalue weighted by Gasteiger charge is -2.13. The molecule has 1 aliphatic rings. The molecule has 0 aliphatic heterocycles. The molecule has 0 unspecified atom stereocenters. The molecule has 0 spiro atoms. The maximum Gasteiger partial charge on any atom is 0.138 e. The Morgan fingerprint density at radius 3 is 2.76 bits per heavy atom. The first-order valence-corrected chi connectivity index (χ1v) is 9.05. The number of fused-ring (bicyclic) bond motifs is 3. The van der Waals surface area contributed by atoms with E-state index in [1.807, 2.05) is 11.3 Å². The van der Waals surface area contributed by atoms with Crippen LogP contribution in [0.5, 0.6) is 0 Å². The monoisotopic (exact) mass is 303 g/mol. The number of nitrogens with zero attached hydrogens (tertiary/aromatic N) is 2. The van der Waals surface area contributed by atoms with Gasteiger partial charge in [0.1, 0.15) is 16.5 Å². The summed E-state index contributed by atoms with van der Waals surface area (Å²) < 4.78 is 0. The molecular formula is C17H25N3S. The lowest BCUT2D eigenvalue weighted by atomic mass is 9.97. The summed E-state index contributed by atoms with van der Waals surface area (Å²) in [6.07, 6.45) is 7.13. The standard InChI is InChI=1S/C17H25N3S/c1-4-9-18-16-15-12-7-5-6-8-13(12)21-17(15)20-14(19-16)10-11(2)3/h11H,4-10H2,1-3H3,(H,18,19,20). The first-order chi connectivity index (χ1) is 10.2. The van der Waals surface area contributed by atoms with Crippen LogP contribution in [0.1, 0.15) is 56.3 Å². The van der Waals surface area contributed by atoms with Crippen molar-refractivity contribution in [2.75, 3.05) is 11.9 Å². The average molecular weight is 303 g/mol. The van der Waals surface area contributed by atoms with Gasteiger partial charge in [-0.2, -0.15) is 0 Å². The van der Waals surface area contributed by atoms with Gasteiger partial charge in [0.05, 0.1) is 5.39 Å². The SMILES string of the molecule is CCCNc1nc(CC(C)C)nc2sc3c(c12)CCCC3. The minimum Gasteiger partial charge on any atom is -0.369 e. The van der Waals surface area contributed by atoms with Crippen molar-refractivity contribution in [1.82, 2.24) is 9.97 Å². The van der Waals surface area contributed by atoms with Crippen molar-refractivity contribution in [2.45, 2.75) is 59.3 Å². The molecule has 114 valence electrons. The summed E-state index contributed by atoms with van der Waals surface area (Å²) in [7, 11) is 0. The van der Waals surface area contributed by atoms with Crippen LogP contribution in [-0.4, -0.2) is 16.5 Å². The molecule has 4 heteroatoms. The average Bonchev–Trinajstić information content (AvgIpc) is 2.82. The Labute approximate surface area is 131 Å². The van der Waals surface area contributed by atoms with Gasteiger partial charge in [-0.15, -0.1) is 11.3 Å². The van der Waals surface area contributed by atoms with Gasteiger partial charge in [-0.05, 0) is 43.6 Å². The van der Waals surface area contributed by atoms with Crippen LogP contribution in [0, 0.1) is 5.92 Å². The first kappa shape index (κ1) is 14.8. The molecule has 0 amide bonds. The summed E-state index contributed by atoms with van der Waals surface area (Å²) in [5.74, 6) is 2.67. The predicted molar refractivity (Wildman–Crippen MR) is 91.4 cm³/mol. The molecule has 2 aromatic rings. The fourth-order valence-corrected chi connectivity index (χ4v) is 4.31. The number of thiophene rings is 1. The molecule has 0 radical (unpaired) electrons. The highest BCUT2D eigenvalue weighted by atomic mass is 32.1. The van der Waals surface area contributed by atoms with Crippen LogP contribution < -0.4 is 5.32 Å². The molecule has 2 aromatic heterocycles. The van der Waals surface area contributed by atoms with Gasteiger partial charge in [0.25, 0.3) is 0 Å². The lowest BCUT2D eigenvalue weighted by Crippen LogP contribution is -2.08.